The lowest BCUT2D eigenvalue weighted by Gasteiger charge is -2.02. The van der Waals surface area contributed by atoms with Gasteiger partial charge in [0.2, 0.25) is 0 Å². The maximum Gasteiger partial charge on any atom is 0.351 e. The van der Waals surface area contributed by atoms with E-state index in [1.807, 2.05) is 19.1 Å². The number of esters is 1. The Balaban J connectivity index is 2.68. The molecule has 0 amide bonds. The summed E-state index contributed by atoms with van der Waals surface area (Å²) in [6, 6.07) is 7.02. The lowest BCUT2D eigenvalue weighted by molar-refractivity contribution is 0.0596. The van der Waals surface area contributed by atoms with Crippen molar-refractivity contribution in [2.75, 3.05) is 7.11 Å². The van der Waals surface area contributed by atoms with Crippen molar-refractivity contribution in [2.45, 2.75) is 13.3 Å². The summed E-state index contributed by atoms with van der Waals surface area (Å²) in [7, 11) is 1.23. The van der Waals surface area contributed by atoms with Crippen LogP contribution in [0.15, 0.2) is 33.5 Å². The lowest BCUT2D eigenvalue weighted by Crippen LogP contribution is -2.14. The van der Waals surface area contributed by atoms with Gasteiger partial charge in [-0.25, -0.2) is 9.59 Å². The second kappa shape index (κ2) is 4.41. The zero-order valence-corrected chi connectivity index (χ0v) is 9.65. The van der Waals surface area contributed by atoms with E-state index in [0.29, 0.717) is 5.58 Å². The van der Waals surface area contributed by atoms with E-state index >= 15 is 0 Å². The fraction of sp³-hybridized carbons (Fsp3) is 0.231. The van der Waals surface area contributed by atoms with E-state index in [9.17, 15) is 9.59 Å². The van der Waals surface area contributed by atoms with Crippen LogP contribution in [0.2, 0.25) is 0 Å². The van der Waals surface area contributed by atoms with E-state index in [0.717, 1.165) is 17.4 Å². The molecular formula is C13H12O4. The summed E-state index contributed by atoms with van der Waals surface area (Å²) in [4.78, 5) is 22.9. The Bertz CT molecular complexity index is 625. The minimum absolute atomic E-state index is 0.0757. The van der Waals surface area contributed by atoms with Gasteiger partial charge in [-0.1, -0.05) is 13.0 Å². The highest BCUT2D eigenvalue weighted by Crippen LogP contribution is 2.16. The number of benzene rings is 1. The Morgan fingerprint density at radius 2 is 2.12 bits per heavy atom. The molecule has 0 saturated carbocycles. The first-order valence-electron chi connectivity index (χ1n) is 5.30. The van der Waals surface area contributed by atoms with E-state index in [1.165, 1.54) is 13.2 Å². The van der Waals surface area contributed by atoms with Crippen molar-refractivity contribution in [3.63, 3.8) is 0 Å². The molecule has 0 radical (unpaired) electrons. The molecule has 0 spiro atoms. The van der Waals surface area contributed by atoms with Crippen LogP contribution in [-0.2, 0) is 11.2 Å². The molecular weight excluding hydrogens is 220 g/mol. The highest BCUT2D eigenvalue weighted by Gasteiger charge is 2.13. The third-order valence-electron chi connectivity index (χ3n) is 2.61. The van der Waals surface area contributed by atoms with Gasteiger partial charge in [-0.3, -0.25) is 0 Å². The topological polar surface area (TPSA) is 56.5 Å². The number of methoxy groups -OCH3 is 1. The summed E-state index contributed by atoms with van der Waals surface area (Å²) in [5, 5.41) is 0.726. The minimum atomic E-state index is -0.678. The molecule has 0 N–H and O–H groups in total. The molecule has 2 rings (SSSR count). The van der Waals surface area contributed by atoms with Crippen LogP contribution in [0.3, 0.4) is 0 Å². The third kappa shape index (κ3) is 2.06. The molecule has 0 aliphatic rings. The molecule has 1 aromatic heterocycles. The van der Waals surface area contributed by atoms with Crippen LogP contribution >= 0.6 is 0 Å². The molecule has 0 saturated heterocycles. The first-order valence-corrected chi connectivity index (χ1v) is 5.30. The van der Waals surface area contributed by atoms with Crippen molar-refractivity contribution in [3.8, 4) is 0 Å². The molecule has 0 aliphatic heterocycles. The van der Waals surface area contributed by atoms with Gasteiger partial charge < -0.3 is 9.15 Å². The van der Waals surface area contributed by atoms with Crippen LogP contribution in [0.5, 0.6) is 0 Å². The third-order valence-corrected chi connectivity index (χ3v) is 2.61. The van der Waals surface area contributed by atoms with E-state index in [2.05, 4.69) is 4.74 Å². The van der Waals surface area contributed by atoms with Gasteiger partial charge in [-0.15, -0.1) is 0 Å². The Labute approximate surface area is 97.8 Å². The van der Waals surface area contributed by atoms with Gasteiger partial charge in [-0.05, 0) is 30.2 Å². The number of carbonyl (C=O) groups is 1. The molecule has 0 fully saturated rings. The van der Waals surface area contributed by atoms with Crippen LogP contribution in [0.1, 0.15) is 22.8 Å². The molecule has 4 nitrogen and oxygen atoms in total. The Morgan fingerprint density at radius 1 is 1.35 bits per heavy atom. The van der Waals surface area contributed by atoms with Crippen molar-refractivity contribution in [1.29, 1.82) is 0 Å². The van der Waals surface area contributed by atoms with Gasteiger partial charge >= 0.3 is 11.6 Å². The number of ether oxygens (including phenoxy) is 1. The molecule has 1 heterocycles. The van der Waals surface area contributed by atoms with E-state index in [1.54, 1.807) is 6.07 Å². The lowest BCUT2D eigenvalue weighted by atomic mass is 10.1. The van der Waals surface area contributed by atoms with Gasteiger partial charge in [0.25, 0.3) is 0 Å². The van der Waals surface area contributed by atoms with E-state index in [-0.39, 0.29) is 5.56 Å². The number of aryl methyl sites for hydroxylation is 1. The standard InChI is InChI=1S/C13H12O4/c1-3-8-4-5-11-9(6-8)7-10(12(14)16-2)13(15)17-11/h4-7H,3H2,1-2H3. The first kappa shape index (κ1) is 11.4. The average Bonchev–Trinajstić information content (AvgIpc) is 2.36. The Hall–Kier alpha value is -2.10. The second-order valence-electron chi connectivity index (χ2n) is 3.66. The average molecular weight is 232 g/mol. The van der Waals surface area contributed by atoms with Crippen molar-refractivity contribution >= 4 is 16.9 Å². The quantitative estimate of drug-likeness (QED) is 0.588. The molecule has 88 valence electrons. The number of hydrogen-bond donors (Lipinski definition) is 0. The fourth-order valence-corrected chi connectivity index (χ4v) is 1.65. The molecule has 0 bridgehead atoms. The Morgan fingerprint density at radius 3 is 2.76 bits per heavy atom. The predicted octanol–water partition coefficient (Wildman–Crippen LogP) is 2.14. The molecule has 1 aromatic carbocycles. The SMILES string of the molecule is CCc1ccc2oc(=O)c(C(=O)OC)cc2c1. The number of fused-ring (bicyclic) bond motifs is 1. The second-order valence-corrected chi connectivity index (χ2v) is 3.66. The van der Waals surface area contributed by atoms with Gasteiger partial charge in [0, 0.05) is 5.39 Å². The van der Waals surface area contributed by atoms with Gasteiger partial charge in [0.1, 0.15) is 11.1 Å². The monoisotopic (exact) mass is 232 g/mol. The summed E-state index contributed by atoms with van der Waals surface area (Å²) in [5.41, 5.74) is 0.837. The highest BCUT2D eigenvalue weighted by atomic mass is 16.5. The predicted molar refractivity (Wildman–Crippen MR) is 63.2 cm³/mol. The summed E-state index contributed by atoms with van der Waals surface area (Å²) in [5.74, 6) is -0.678. The summed E-state index contributed by atoms with van der Waals surface area (Å²) in [6.45, 7) is 2.03. The zero-order chi connectivity index (χ0) is 12.4. The highest BCUT2D eigenvalue weighted by molar-refractivity contribution is 5.92. The molecule has 0 atom stereocenters. The maximum absolute atomic E-state index is 11.5. The minimum Gasteiger partial charge on any atom is -0.465 e. The summed E-state index contributed by atoms with van der Waals surface area (Å²) >= 11 is 0. The van der Waals surface area contributed by atoms with Gasteiger partial charge in [-0.2, -0.15) is 0 Å². The van der Waals surface area contributed by atoms with Crippen molar-refractivity contribution in [2.24, 2.45) is 0 Å². The van der Waals surface area contributed by atoms with E-state index in [4.69, 9.17) is 4.42 Å². The van der Waals surface area contributed by atoms with Gasteiger partial charge in [0.15, 0.2) is 0 Å². The fourth-order valence-electron chi connectivity index (χ4n) is 1.65. The summed E-state index contributed by atoms with van der Waals surface area (Å²) in [6.07, 6.45) is 0.878. The molecule has 0 unspecified atom stereocenters. The Kier molecular flexibility index (Phi) is 2.95. The van der Waals surface area contributed by atoms with Crippen LogP contribution < -0.4 is 5.63 Å². The smallest absolute Gasteiger partial charge is 0.351 e. The van der Waals surface area contributed by atoms with Gasteiger partial charge in [0.05, 0.1) is 7.11 Å². The molecule has 2 aromatic rings. The number of rotatable bonds is 2. The zero-order valence-electron chi connectivity index (χ0n) is 9.65. The molecule has 0 aliphatic carbocycles. The van der Waals surface area contributed by atoms with Crippen LogP contribution in [0.25, 0.3) is 11.0 Å². The number of hydrogen-bond acceptors (Lipinski definition) is 4. The van der Waals surface area contributed by atoms with Crippen molar-refractivity contribution in [3.05, 3.63) is 45.8 Å². The normalized spacial score (nSPS) is 10.5. The molecule has 17 heavy (non-hydrogen) atoms. The first-order chi connectivity index (χ1) is 8.15. The van der Waals surface area contributed by atoms with Crippen LogP contribution in [0, 0.1) is 0 Å². The van der Waals surface area contributed by atoms with E-state index < -0.39 is 11.6 Å². The number of carbonyl (C=O) groups excluding carboxylic acids is 1. The van der Waals surface area contributed by atoms with Crippen LogP contribution in [0.4, 0.5) is 0 Å². The largest absolute Gasteiger partial charge is 0.465 e. The maximum atomic E-state index is 11.5. The van der Waals surface area contributed by atoms with Crippen molar-refractivity contribution < 1.29 is 13.9 Å². The van der Waals surface area contributed by atoms with Crippen molar-refractivity contribution in [1.82, 2.24) is 0 Å². The summed E-state index contributed by atoms with van der Waals surface area (Å²) < 4.78 is 9.58. The van der Waals surface area contributed by atoms with Crippen LogP contribution in [-0.4, -0.2) is 13.1 Å². The molecule has 4 heteroatoms.